The second-order valence-electron chi connectivity index (χ2n) is 7.26. The van der Waals surface area contributed by atoms with E-state index in [2.05, 4.69) is 17.4 Å². The third-order valence-electron chi connectivity index (χ3n) is 5.47. The van der Waals surface area contributed by atoms with E-state index in [1.54, 1.807) is 18.2 Å². The average molecular weight is 385 g/mol. The minimum Gasteiger partial charge on any atom is -0.345 e. The van der Waals surface area contributed by atoms with Crippen molar-refractivity contribution in [2.24, 2.45) is 0 Å². The Kier molecular flexibility index (Phi) is 5.02. The first-order valence-corrected chi connectivity index (χ1v) is 11.0. The highest BCUT2D eigenvalue weighted by Crippen LogP contribution is 2.30. The van der Waals surface area contributed by atoms with Gasteiger partial charge in [-0.15, -0.1) is 0 Å². The molecule has 5 nitrogen and oxygen atoms in total. The summed E-state index contributed by atoms with van der Waals surface area (Å²) in [5.41, 5.74) is 2.83. The smallest absolute Gasteiger partial charge is 0.251 e. The standard InChI is InChI=1S/C21H24N2O3S/c24-21(22-20-12-6-8-16-7-1-2-11-19(16)20)17-9-5-10-18(15-17)27(25,26)23-13-3-4-14-23/h1-2,5,7,9-11,15,20H,3-4,6,8,12-14H2,(H,22,24). The maximum absolute atomic E-state index is 12.8. The van der Waals surface area contributed by atoms with Gasteiger partial charge in [0.15, 0.2) is 0 Å². The molecule has 1 atom stereocenters. The number of amides is 1. The van der Waals surface area contributed by atoms with Crippen molar-refractivity contribution in [2.75, 3.05) is 13.1 Å². The van der Waals surface area contributed by atoms with Crippen LogP contribution < -0.4 is 5.32 Å². The van der Waals surface area contributed by atoms with E-state index < -0.39 is 10.0 Å². The van der Waals surface area contributed by atoms with E-state index >= 15 is 0 Å². The highest BCUT2D eigenvalue weighted by atomic mass is 32.2. The van der Waals surface area contributed by atoms with Gasteiger partial charge in [-0.1, -0.05) is 30.3 Å². The Hall–Kier alpha value is -2.18. The fraction of sp³-hybridized carbons (Fsp3) is 0.381. The largest absolute Gasteiger partial charge is 0.345 e. The second kappa shape index (κ2) is 7.44. The highest BCUT2D eigenvalue weighted by Gasteiger charge is 2.28. The topological polar surface area (TPSA) is 66.5 Å². The molecule has 27 heavy (non-hydrogen) atoms. The third kappa shape index (κ3) is 3.64. The zero-order valence-corrected chi connectivity index (χ0v) is 16.0. The molecule has 2 aromatic rings. The molecular formula is C21H24N2O3S. The number of nitrogens with zero attached hydrogens (tertiary/aromatic N) is 1. The molecule has 1 N–H and O–H groups in total. The van der Waals surface area contributed by atoms with Gasteiger partial charge in [0.05, 0.1) is 10.9 Å². The van der Waals surface area contributed by atoms with Crippen molar-refractivity contribution in [3.63, 3.8) is 0 Å². The van der Waals surface area contributed by atoms with Crippen LogP contribution in [0.25, 0.3) is 0 Å². The summed E-state index contributed by atoms with van der Waals surface area (Å²) < 4.78 is 27.0. The molecule has 2 aliphatic rings. The molecule has 0 saturated carbocycles. The zero-order chi connectivity index (χ0) is 18.9. The number of aryl methyl sites for hydroxylation is 1. The molecule has 4 rings (SSSR count). The zero-order valence-electron chi connectivity index (χ0n) is 15.2. The SMILES string of the molecule is O=C(NC1CCCc2ccccc21)c1cccc(S(=O)(=O)N2CCCC2)c1. The summed E-state index contributed by atoms with van der Waals surface area (Å²) >= 11 is 0. The lowest BCUT2D eigenvalue weighted by molar-refractivity contribution is 0.0932. The van der Waals surface area contributed by atoms with Crippen LogP contribution in [0, 0.1) is 0 Å². The van der Waals surface area contributed by atoms with Gasteiger partial charge in [-0.25, -0.2) is 8.42 Å². The van der Waals surface area contributed by atoms with Crippen LogP contribution in [0.5, 0.6) is 0 Å². The van der Waals surface area contributed by atoms with Crippen LogP contribution >= 0.6 is 0 Å². The van der Waals surface area contributed by atoms with Gasteiger partial charge in [0.2, 0.25) is 10.0 Å². The second-order valence-corrected chi connectivity index (χ2v) is 9.19. The van der Waals surface area contributed by atoms with E-state index in [0.717, 1.165) is 37.7 Å². The lowest BCUT2D eigenvalue weighted by Gasteiger charge is -2.26. The fourth-order valence-corrected chi connectivity index (χ4v) is 5.58. The number of rotatable bonds is 4. The van der Waals surface area contributed by atoms with Crippen LogP contribution in [0.3, 0.4) is 0 Å². The van der Waals surface area contributed by atoms with E-state index in [4.69, 9.17) is 0 Å². The molecule has 0 aromatic heterocycles. The summed E-state index contributed by atoms with van der Waals surface area (Å²) in [4.78, 5) is 13.0. The molecule has 6 heteroatoms. The molecule has 1 aliphatic heterocycles. The van der Waals surface area contributed by atoms with Crippen molar-refractivity contribution in [3.8, 4) is 0 Å². The van der Waals surface area contributed by atoms with Crippen molar-refractivity contribution >= 4 is 15.9 Å². The molecule has 0 spiro atoms. The molecule has 0 bridgehead atoms. The Balaban J connectivity index is 1.55. The number of carbonyl (C=O) groups is 1. The number of sulfonamides is 1. The molecule has 1 aliphatic carbocycles. The summed E-state index contributed by atoms with van der Waals surface area (Å²) in [7, 11) is -3.52. The van der Waals surface area contributed by atoms with Crippen molar-refractivity contribution in [3.05, 3.63) is 65.2 Å². The predicted molar refractivity (Wildman–Crippen MR) is 104 cm³/mol. The van der Waals surface area contributed by atoms with Crippen LogP contribution in [0.4, 0.5) is 0 Å². The molecule has 2 aromatic carbocycles. The Morgan fingerprint density at radius 2 is 1.78 bits per heavy atom. The Morgan fingerprint density at radius 3 is 2.59 bits per heavy atom. The summed E-state index contributed by atoms with van der Waals surface area (Å²) in [6.07, 6.45) is 4.74. The Labute approximate surface area is 160 Å². The Morgan fingerprint density at radius 1 is 1.00 bits per heavy atom. The summed E-state index contributed by atoms with van der Waals surface area (Å²) in [6, 6.07) is 14.5. The van der Waals surface area contributed by atoms with Gasteiger partial charge in [0.1, 0.15) is 0 Å². The monoisotopic (exact) mass is 384 g/mol. The number of hydrogen-bond donors (Lipinski definition) is 1. The molecule has 1 amide bonds. The van der Waals surface area contributed by atoms with Crippen LogP contribution in [-0.4, -0.2) is 31.7 Å². The maximum atomic E-state index is 12.8. The average Bonchev–Trinajstić information content (AvgIpc) is 3.24. The normalized spacial score (nSPS) is 20.2. The van der Waals surface area contributed by atoms with Gasteiger partial charge < -0.3 is 5.32 Å². The molecule has 142 valence electrons. The van der Waals surface area contributed by atoms with Crippen molar-refractivity contribution in [1.82, 2.24) is 9.62 Å². The Bertz CT molecular complexity index is 949. The van der Waals surface area contributed by atoms with Crippen molar-refractivity contribution in [1.29, 1.82) is 0 Å². The van der Waals surface area contributed by atoms with Crippen LogP contribution in [0.15, 0.2) is 53.4 Å². The first-order valence-electron chi connectivity index (χ1n) is 9.54. The van der Waals surface area contributed by atoms with Gasteiger partial charge in [0.25, 0.3) is 5.91 Å². The summed E-state index contributed by atoms with van der Waals surface area (Å²) in [5.74, 6) is -0.227. The highest BCUT2D eigenvalue weighted by molar-refractivity contribution is 7.89. The van der Waals surface area contributed by atoms with E-state index in [1.807, 2.05) is 12.1 Å². The maximum Gasteiger partial charge on any atom is 0.251 e. The number of carbonyl (C=O) groups excluding carboxylic acids is 1. The van der Waals surface area contributed by atoms with E-state index in [-0.39, 0.29) is 16.8 Å². The molecule has 0 radical (unpaired) electrons. The first kappa shape index (κ1) is 18.2. The van der Waals surface area contributed by atoms with E-state index in [1.165, 1.54) is 15.9 Å². The lowest BCUT2D eigenvalue weighted by Crippen LogP contribution is -2.31. The number of benzene rings is 2. The molecule has 1 fully saturated rings. The summed E-state index contributed by atoms with van der Waals surface area (Å²) in [5, 5.41) is 3.09. The molecule has 1 saturated heterocycles. The lowest BCUT2D eigenvalue weighted by atomic mass is 9.87. The first-order chi connectivity index (χ1) is 13.1. The van der Waals surface area contributed by atoms with Crippen LogP contribution in [-0.2, 0) is 16.4 Å². The van der Waals surface area contributed by atoms with Crippen LogP contribution in [0.1, 0.15) is 53.2 Å². The van der Waals surface area contributed by atoms with Crippen molar-refractivity contribution in [2.45, 2.75) is 43.0 Å². The predicted octanol–water partition coefficient (Wildman–Crippen LogP) is 3.28. The van der Waals surface area contributed by atoms with Crippen molar-refractivity contribution < 1.29 is 13.2 Å². The van der Waals surface area contributed by atoms with E-state index in [0.29, 0.717) is 18.7 Å². The third-order valence-corrected chi connectivity index (χ3v) is 7.37. The van der Waals surface area contributed by atoms with Gasteiger partial charge in [0, 0.05) is 18.7 Å². The number of hydrogen-bond acceptors (Lipinski definition) is 3. The van der Waals surface area contributed by atoms with Gasteiger partial charge in [-0.05, 0) is 61.4 Å². The fourth-order valence-electron chi connectivity index (χ4n) is 4.02. The summed E-state index contributed by atoms with van der Waals surface area (Å²) in [6.45, 7) is 1.11. The van der Waals surface area contributed by atoms with E-state index in [9.17, 15) is 13.2 Å². The van der Waals surface area contributed by atoms with Gasteiger partial charge in [-0.3, -0.25) is 4.79 Å². The number of fused-ring (bicyclic) bond motifs is 1. The van der Waals surface area contributed by atoms with Gasteiger partial charge >= 0.3 is 0 Å². The quantitative estimate of drug-likeness (QED) is 0.880. The molecule has 1 unspecified atom stereocenters. The molecule has 1 heterocycles. The molecular weight excluding hydrogens is 360 g/mol. The van der Waals surface area contributed by atoms with Gasteiger partial charge in [-0.2, -0.15) is 4.31 Å². The minimum atomic E-state index is -3.52. The minimum absolute atomic E-state index is 0.0266. The number of nitrogens with one attached hydrogen (secondary N) is 1. The van der Waals surface area contributed by atoms with Crippen LogP contribution in [0.2, 0.25) is 0 Å².